The topological polar surface area (TPSA) is 73.7 Å². The summed E-state index contributed by atoms with van der Waals surface area (Å²) in [5, 5.41) is 17.3. The second-order valence-electron chi connectivity index (χ2n) is 3.27. The molecule has 0 unspecified atom stereocenters. The van der Waals surface area contributed by atoms with Crippen molar-refractivity contribution in [3.05, 3.63) is 23.2 Å². The summed E-state index contributed by atoms with van der Waals surface area (Å²) in [6, 6.07) is 5.16. The maximum atomic E-state index is 8.89. The number of aliphatic hydroxyl groups excluding tert-OH is 1. The van der Waals surface area contributed by atoms with Crippen LogP contribution in [0.3, 0.4) is 0 Å². The second-order valence-corrected chi connectivity index (χ2v) is 4.29. The molecule has 0 spiro atoms. The minimum Gasteiger partial charge on any atom is -0.496 e. The lowest BCUT2D eigenvalue weighted by molar-refractivity contribution is 0.280. The molecule has 0 amide bonds. The first-order valence-corrected chi connectivity index (χ1v) is 5.91. The number of methoxy groups -OCH3 is 2. The molecular weight excluding hydrogens is 256 g/mol. The molecule has 18 heavy (non-hydrogen) atoms. The highest BCUT2D eigenvalue weighted by Crippen LogP contribution is 2.31. The van der Waals surface area contributed by atoms with Crippen molar-refractivity contribution in [2.24, 2.45) is 0 Å². The van der Waals surface area contributed by atoms with E-state index in [1.165, 1.54) is 11.3 Å². The van der Waals surface area contributed by atoms with Gasteiger partial charge in [0.05, 0.1) is 20.8 Å². The van der Waals surface area contributed by atoms with E-state index >= 15 is 0 Å². The van der Waals surface area contributed by atoms with Crippen molar-refractivity contribution in [3.63, 3.8) is 0 Å². The van der Waals surface area contributed by atoms with Crippen molar-refractivity contribution in [3.8, 4) is 22.4 Å². The molecule has 0 bridgehead atoms. The number of benzene rings is 1. The highest BCUT2D eigenvalue weighted by Gasteiger charge is 2.08. The van der Waals surface area contributed by atoms with E-state index < -0.39 is 0 Å². The summed E-state index contributed by atoms with van der Waals surface area (Å²) in [6.07, 6.45) is 0. The van der Waals surface area contributed by atoms with Gasteiger partial charge >= 0.3 is 0 Å². The van der Waals surface area contributed by atoms with E-state index in [9.17, 15) is 0 Å². The number of aliphatic hydroxyl groups is 1. The Morgan fingerprint density at radius 1 is 1.06 bits per heavy atom. The number of rotatable bonds is 5. The fourth-order valence-electron chi connectivity index (χ4n) is 1.28. The average molecular weight is 268 g/mol. The Balaban J connectivity index is 2.22. The van der Waals surface area contributed by atoms with Crippen molar-refractivity contribution in [1.29, 1.82) is 0 Å². The lowest BCUT2D eigenvalue weighted by atomic mass is 10.3. The highest BCUT2D eigenvalue weighted by molar-refractivity contribution is 7.13. The van der Waals surface area contributed by atoms with Gasteiger partial charge in [-0.25, -0.2) is 0 Å². The minimum absolute atomic E-state index is 0.150. The third-order valence-corrected chi connectivity index (χ3v) is 2.90. The standard InChI is InChI=1S/C11H12N2O4S/c1-15-7-3-8(16-2)5-9(4-7)17-11-13-12-10(6-14)18-11/h3-5,14H,6H2,1-2H3. The molecule has 0 aliphatic heterocycles. The molecule has 0 radical (unpaired) electrons. The fraction of sp³-hybridized carbons (Fsp3) is 0.273. The van der Waals surface area contributed by atoms with Crippen molar-refractivity contribution in [2.75, 3.05) is 14.2 Å². The van der Waals surface area contributed by atoms with Crippen molar-refractivity contribution in [1.82, 2.24) is 10.2 Å². The first kappa shape index (κ1) is 12.6. The summed E-state index contributed by atoms with van der Waals surface area (Å²) in [5.41, 5.74) is 0. The summed E-state index contributed by atoms with van der Waals surface area (Å²) >= 11 is 1.18. The molecule has 0 saturated carbocycles. The largest absolute Gasteiger partial charge is 0.496 e. The van der Waals surface area contributed by atoms with Gasteiger partial charge < -0.3 is 19.3 Å². The zero-order valence-electron chi connectivity index (χ0n) is 9.91. The van der Waals surface area contributed by atoms with Gasteiger partial charge in [-0.3, -0.25) is 0 Å². The van der Waals surface area contributed by atoms with Gasteiger partial charge in [0.1, 0.15) is 22.3 Å². The SMILES string of the molecule is COc1cc(OC)cc(Oc2nnc(CO)s2)c1. The van der Waals surface area contributed by atoms with E-state index in [0.717, 1.165) is 0 Å². The average Bonchev–Trinajstić information content (AvgIpc) is 2.85. The van der Waals surface area contributed by atoms with Crippen LogP contribution >= 0.6 is 11.3 Å². The molecule has 0 saturated heterocycles. The Labute approximate surface area is 108 Å². The molecular formula is C11H12N2O4S. The van der Waals surface area contributed by atoms with Crippen molar-refractivity contribution in [2.45, 2.75) is 6.61 Å². The Hall–Kier alpha value is -1.86. The van der Waals surface area contributed by atoms with Gasteiger partial charge in [-0.15, -0.1) is 5.10 Å². The van der Waals surface area contributed by atoms with Gasteiger partial charge in [-0.05, 0) is 0 Å². The van der Waals surface area contributed by atoms with Crippen LogP contribution in [0.4, 0.5) is 0 Å². The number of aromatic nitrogens is 2. The summed E-state index contributed by atoms with van der Waals surface area (Å²) in [5.74, 6) is 1.78. The monoisotopic (exact) mass is 268 g/mol. The summed E-state index contributed by atoms with van der Waals surface area (Å²) < 4.78 is 15.8. The van der Waals surface area contributed by atoms with E-state index in [1.807, 2.05) is 0 Å². The van der Waals surface area contributed by atoms with Crippen LogP contribution < -0.4 is 14.2 Å². The Bertz CT molecular complexity index is 507. The lowest BCUT2D eigenvalue weighted by Crippen LogP contribution is -1.90. The van der Waals surface area contributed by atoms with Gasteiger partial charge in [0.25, 0.3) is 5.19 Å². The van der Waals surface area contributed by atoms with Crippen LogP contribution in [0.25, 0.3) is 0 Å². The van der Waals surface area contributed by atoms with E-state index in [1.54, 1.807) is 32.4 Å². The highest BCUT2D eigenvalue weighted by atomic mass is 32.1. The normalized spacial score (nSPS) is 10.2. The molecule has 1 N–H and O–H groups in total. The quantitative estimate of drug-likeness (QED) is 0.892. The molecule has 1 aromatic carbocycles. The summed E-state index contributed by atoms with van der Waals surface area (Å²) in [7, 11) is 3.13. The van der Waals surface area contributed by atoms with Crippen LogP contribution in [0.2, 0.25) is 0 Å². The fourth-order valence-corrected chi connectivity index (χ4v) is 1.85. The molecule has 0 aliphatic carbocycles. The maximum Gasteiger partial charge on any atom is 0.299 e. The Kier molecular flexibility index (Phi) is 3.96. The Morgan fingerprint density at radius 2 is 1.67 bits per heavy atom. The van der Waals surface area contributed by atoms with Crippen LogP contribution in [0.1, 0.15) is 5.01 Å². The third kappa shape index (κ3) is 2.88. The third-order valence-electron chi connectivity index (χ3n) is 2.11. The van der Waals surface area contributed by atoms with Crippen LogP contribution in [-0.2, 0) is 6.61 Å². The Morgan fingerprint density at radius 3 is 2.17 bits per heavy atom. The van der Waals surface area contributed by atoms with E-state index in [2.05, 4.69) is 10.2 Å². The number of nitrogens with zero attached hydrogens (tertiary/aromatic N) is 2. The summed E-state index contributed by atoms with van der Waals surface area (Å²) in [4.78, 5) is 0. The predicted octanol–water partition coefficient (Wildman–Crippen LogP) is 1.84. The molecule has 2 rings (SSSR count). The smallest absolute Gasteiger partial charge is 0.299 e. The molecule has 1 aromatic heterocycles. The molecule has 96 valence electrons. The van der Waals surface area contributed by atoms with E-state index in [0.29, 0.717) is 27.4 Å². The minimum atomic E-state index is -0.150. The predicted molar refractivity (Wildman–Crippen MR) is 65.5 cm³/mol. The first-order valence-electron chi connectivity index (χ1n) is 5.09. The maximum absolute atomic E-state index is 8.89. The lowest BCUT2D eigenvalue weighted by Gasteiger charge is -2.07. The molecule has 0 aliphatic rings. The summed E-state index contributed by atoms with van der Waals surface area (Å²) in [6.45, 7) is -0.150. The van der Waals surface area contributed by atoms with Gasteiger partial charge in [0.2, 0.25) is 0 Å². The van der Waals surface area contributed by atoms with E-state index in [-0.39, 0.29) is 6.61 Å². The molecule has 0 fully saturated rings. The van der Waals surface area contributed by atoms with Crippen LogP contribution in [0.5, 0.6) is 22.4 Å². The first-order chi connectivity index (χ1) is 8.75. The molecule has 6 nitrogen and oxygen atoms in total. The van der Waals surface area contributed by atoms with Gasteiger partial charge in [0.15, 0.2) is 0 Å². The zero-order chi connectivity index (χ0) is 13.0. The van der Waals surface area contributed by atoms with Crippen molar-refractivity contribution >= 4 is 11.3 Å². The molecule has 0 atom stereocenters. The van der Waals surface area contributed by atoms with E-state index in [4.69, 9.17) is 19.3 Å². The van der Waals surface area contributed by atoms with Gasteiger partial charge in [0, 0.05) is 18.2 Å². The number of ether oxygens (including phenoxy) is 3. The number of hydrogen-bond donors (Lipinski definition) is 1. The zero-order valence-corrected chi connectivity index (χ0v) is 10.7. The molecule has 7 heteroatoms. The number of hydrogen-bond acceptors (Lipinski definition) is 7. The van der Waals surface area contributed by atoms with Crippen LogP contribution in [-0.4, -0.2) is 29.5 Å². The van der Waals surface area contributed by atoms with Crippen molar-refractivity contribution < 1.29 is 19.3 Å². The second kappa shape index (κ2) is 5.65. The molecule has 2 aromatic rings. The van der Waals surface area contributed by atoms with Gasteiger partial charge in [-0.2, -0.15) is 0 Å². The van der Waals surface area contributed by atoms with Crippen LogP contribution in [0, 0.1) is 0 Å². The van der Waals surface area contributed by atoms with Crippen LogP contribution in [0.15, 0.2) is 18.2 Å². The molecule has 1 heterocycles. The van der Waals surface area contributed by atoms with Gasteiger partial charge in [-0.1, -0.05) is 16.4 Å².